The molecule has 1 aliphatic heterocycles. The van der Waals surface area contributed by atoms with Crippen LogP contribution in [0.15, 0.2) is 29.4 Å². The molecule has 0 aliphatic carbocycles. The summed E-state index contributed by atoms with van der Waals surface area (Å²) in [6.07, 6.45) is 5.76. The van der Waals surface area contributed by atoms with Crippen molar-refractivity contribution in [2.24, 2.45) is 10.9 Å². The standard InChI is InChI=1S/C22H33N5O.HI/c1-4-24-22(27-12-9-17(10-13-27)14-20(28)23-3)25-11-8-18-15-26-19-7-5-6-16(2)21(18)19;/h5-7,15,17,26H,4,8-14H2,1-3H3,(H,23,28)(H,24,25);1H. The Labute approximate surface area is 190 Å². The average molecular weight is 511 g/mol. The number of nitrogens with zero attached hydrogens (tertiary/aromatic N) is 2. The van der Waals surface area contributed by atoms with Crippen molar-refractivity contribution >= 4 is 46.7 Å². The molecular formula is C22H34IN5O. The van der Waals surface area contributed by atoms with Gasteiger partial charge in [-0.05, 0) is 56.2 Å². The Morgan fingerprint density at radius 2 is 2.07 bits per heavy atom. The van der Waals surface area contributed by atoms with Crippen molar-refractivity contribution in [3.8, 4) is 0 Å². The summed E-state index contributed by atoms with van der Waals surface area (Å²) in [5, 5.41) is 7.50. The van der Waals surface area contributed by atoms with Crippen LogP contribution in [-0.2, 0) is 11.2 Å². The number of likely N-dealkylation sites (tertiary alicyclic amines) is 1. The summed E-state index contributed by atoms with van der Waals surface area (Å²) in [5.41, 5.74) is 3.84. The summed E-state index contributed by atoms with van der Waals surface area (Å²) < 4.78 is 0. The lowest BCUT2D eigenvalue weighted by atomic mass is 9.93. The Morgan fingerprint density at radius 1 is 1.31 bits per heavy atom. The molecule has 6 nitrogen and oxygen atoms in total. The van der Waals surface area contributed by atoms with Gasteiger partial charge in [-0.1, -0.05) is 12.1 Å². The fourth-order valence-electron chi connectivity index (χ4n) is 4.07. The van der Waals surface area contributed by atoms with Crippen molar-refractivity contribution < 1.29 is 4.79 Å². The fraction of sp³-hybridized carbons (Fsp3) is 0.545. The van der Waals surface area contributed by atoms with Gasteiger partial charge in [-0.25, -0.2) is 0 Å². The maximum absolute atomic E-state index is 11.6. The van der Waals surface area contributed by atoms with Gasteiger partial charge in [-0.15, -0.1) is 24.0 Å². The molecule has 1 aromatic heterocycles. The molecular weight excluding hydrogens is 477 g/mol. The van der Waals surface area contributed by atoms with Gasteiger partial charge < -0.3 is 20.5 Å². The van der Waals surface area contributed by atoms with E-state index in [0.717, 1.165) is 51.4 Å². The number of aromatic nitrogens is 1. The van der Waals surface area contributed by atoms with Crippen molar-refractivity contribution in [3.05, 3.63) is 35.5 Å². The van der Waals surface area contributed by atoms with E-state index in [-0.39, 0.29) is 29.9 Å². The monoisotopic (exact) mass is 511 g/mol. The summed E-state index contributed by atoms with van der Waals surface area (Å²) in [6, 6.07) is 6.38. The molecule has 2 heterocycles. The van der Waals surface area contributed by atoms with Gasteiger partial charge in [-0.2, -0.15) is 0 Å². The Hall–Kier alpha value is -1.77. The van der Waals surface area contributed by atoms with Gasteiger partial charge in [0.25, 0.3) is 0 Å². The molecule has 0 saturated carbocycles. The van der Waals surface area contributed by atoms with E-state index in [0.29, 0.717) is 12.3 Å². The topological polar surface area (TPSA) is 72.5 Å². The second kappa shape index (κ2) is 11.4. The van der Waals surface area contributed by atoms with E-state index in [1.54, 1.807) is 7.05 Å². The maximum atomic E-state index is 11.6. The Bertz CT molecular complexity index is 824. The fourth-order valence-corrected chi connectivity index (χ4v) is 4.07. The second-order valence-electron chi connectivity index (χ2n) is 7.60. The minimum Gasteiger partial charge on any atom is -0.361 e. The number of fused-ring (bicyclic) bond motifs is 1. The van der Waals surface area contributed by atoms with Crippen molar-refractivity contribution in [2.75, 3.05) is 33.2 Å². The number of H-pyrrole nitrogens is 1. The lowest BCUT2D eigenvalue weighted by Gasteiger charge is -2.34. The number of rotatable bonds is 6. The van der Waals surface area contributed by atoms with E-state index in [4.69, 9.17) is 4.99 Å². The van der Waals surface area contributed by atoms with Gasteiger partial charge in [0.05, 0.1) is 0 Å². The smallest absolute Gasteiger partial charge is 0.220 e. The lowest BCUT2D eigenvalue weighted by Crippen LogP contribution is -2.46. The number of nitrogens with one attached hydrogen (secondary N) is 3. The number of carbonyl (C=O) groups excluding carboxylic acids is 1. The molecule has 0 radical (unpaired) electrons. The molecule has 3 rings (SSSR count). The van der Waals surface area contributed by atoms with Crippen molar-refractivity contribution in [2.45, 2.75) is 39.5 Å². The Morgan fingerprint density at radius 3 is 2.76 bits per heavy atom. The molecule has 160 valence electrons. The number of carbonyl (C=O) groups is 1. The SMILES string of the molecule is CCNC(=NCCc1c[nH]c2cccc(C)c12)N1CCC(CC(=O)NC)CC1.I. The van der Waals surface area contributed by atoms with Gasteiger partial charge in [0.1, 0.15) is 0 Å². The highest BCUT2D eigenvalue weighted by molar-refractivity contribution is 14.0. The molecule has 1 saturated heterocycles. The third-order valence-electron chi connectivity index (χ3n) is 5.64. The van der Waals surface area contributed by atoms with Crippen molar-refractivity contribution in [1.29, 1.82) is 0 Å². The van der Waals surface area contributed by atoms with Gasteiger partial charge in [-0.3, -0.25) is 9.79 Å². The van der Waals surface area contributed by atoms with Gasteiger partial charge in [0.2, 0.25) is 5.91 Å². The van der Waals surface area contributed by atoms with Crippen LogP contribution in [-0.4, -0.2) is 55.0 Å². The molecule has 0 bridgehead atoms. The second-order valence-corrected chi connectivity index (χ2v) is 7.60. The van der Waals surface area contributed by atoms with Crippen LogP contribution in [0.5, 0.6) is 0 Å². The summed E-state index contributed by atoms with van der Waals surface area (Å²) in [7, 11) is 1.71. The third kappa shape index (κ3) is 6.10. The van der Waals surface area contributed by atoms with Crippen LogP contribution in [0, 0.1) is 12.8 Å². The molecule has 1 amide bonds. The maximum Gasteiger partial charge on any atom is 0.220 e. The predicted molar refractivity (Wildman–Crippen MR) is 131 cm³/mol. The van der Waals surface area contributed by atoms with Crippen molar-refractivity contribution in [1.82, 2.24) is 20.5 Å². The van der Waals surface area contributed by atoms with Crippen LogP contribution < -0.4 is 10.6 Å². The zero-order valence-electron chi connectivity index (χ0n) is 17.8. The molecule has 0 unspecified atom stereocenters. The first-order chi connectivity index (χ1) is 13.6. The number of guanidine groups is 1. The number of hydrogen-bond donors (Lipinski definition) is 3. The molecule has 1 fully saturated rings. The van der Waals surface area contributed by atoms with E-state index in [9.17, 15) is 4.79 Å². The van der Waals surface area contributed by atoms with Crippen LogP contribution in [0.25, 0.3) is 10.9 Å². The highest BCUT2D eigenvalue weighted by atomic mass is 127. The van der Waals surface area contributed by atoms with Crippen molar-refractivity contribution in [3.63, 3.8) is 0 Å². The molecule has 0 atom stereocenters. The molecule has 1 aliphatic rings. The first-order valence-electron chi connectivity index (χ1n) is 10.4. The predicted octanol–water partition coefficient (Wildman–Crippen LogP) is 3.45. The van der Waals surface area contributed by atoms with Crippen LogP contribution in [0.1, 0.15) is 37.3 Å². The lowest BCUT2D eigenvalue weighted by molar-refractivity contribution is -0.121. The number of benzene rings is 1. The number of hydrogen-bond acceptors (Lipinski definition) is 2. The third-order valence-corrected chi connectivity index (χ3v) is 5.64. The van der Waals surface area contributed by atoms with Crippen LogP contribution >= 0.6 is 24.0 Å². The summed E-state index contributed by atoms with van der Waals surface area (Å²) in [6.45, 7) is 7.82. The molecule has 29 heavy (non-hydrogen) atoms. The van der Waals surface area contributed by atoms with Crippen LogP contribution in [0.3, 0.4) is 0 Å². The Kier molecular flexibility index (Phi) is 9.26. The summed E-state index contributed by atoms with van der Waals surface area (Å²) >= 11 is 0. The first kappa shape index (κ1) is 23.5. The van der Waals surface area contributed by atoms with E-state index in [1.165, 1.54) is 22.0 Å². The number of halogens is 1. The minimum atomic E-state index is 0. The normalized spacial score (nSPS) is 15.3. The minimum absolute atomic E-state index is 0. The number of amides is 1. The number of aliphatic imine (C=N–C) groups is 1. The van der Waals surface area contributed by atoms with Crippen LogP contribution in [0.4, 0.5) is 0 Å². The van der Waals surface area contributed by atoms with Gasteiger partial charge in [0, 0.05) is 56.7 Å². The van der Waals surface area contributed by atoms with E-state index in [2.05, 4.69) is 58.8 Å². The summed E-state index contributed by atoms with van der Waals surface area (Å²) in [5.74, 6) is 1.62. The first-order valence-corrected chi connectivity index (χ1v) is 10.4. The molecule has 7 heteroatoms. The summed E-state index contributed by atoms with van der Waals surface area (Å²) in [4.78, 5) is 22.2. The molecule has 3 N–H and O–H groups in total. The van der Waals surface area contributed by atoms with E-state index >= 15 is 0 Å². The molecule has 2 aromatic rings. The zero-order chi connectivity index (χ0) is 19.9. The average Bonchev–Trinajstić information content (AvgIpc) is 3.12. The number of aryl methyl sites for hydroxylation is 1. The quantitative estimate of drug-likeness (QED) is 0.316. The molecule has 0 spiro atoms. The number of aromatic amines is 1. The molecule has 1 aromatic carbocycles. The zero-order valence-corrected chi connectivity index (χ0v) is 20.1. The number of piperidine rings is 1. The van der Waals surface area contributed by atoms with Gasteiger partial charge in [0.15, 0.2) is 5.96 Å². The largest absolute Gasteiger partial charge is 0.361 e. The van der Waals surface area contributed by atoms with E-state index in [1.807, 2.05) is 0 Å². The highest BCUT2D eigenvalue weighted by Crippen LogP contribution is 2.23. The van der Waals surface area contributed by atoms with Crippen LogP contribution in [0.2, 0.25) is 0 Å². The Balaban J connectivity index is 0.00000300. The highest BCUT2D eigenvalue weighted by Gasteiger charge is 2.23. The van der Waals surface area contributed by atoms with Gasteiger partial charge >= 0.3 is 0 Å². The van der Waals surface area contributed by atoms with E-state index < -0.39 is 0 Å².